The van der Waals surface area contributed by atoms with Crippen molar-refractivity contribution in [3.05, 3.63) is 58.2 Å². The Hall–Kier alpha value is -2.97. The number of nitrogens with zero attached hydrogens (tertiary/aromatic N) is 2. The number of anilines is 1. The topological polar surface area (TPSA) is 78.1 Å². The van der Waals surface area contributed by atoms with Crippen molar-refractivity contribution in [2.75, 3.05) is 18.9 Å². The number of likely N-dealkylation sites (N-methyl/N-ethyl adjacent to an activating group) is 1. The van der Waals surface area contributed by atoms with Gasteiger partial charge in [-0.15, -0.1) is 22.7 Å². The highest BCUT2D eigenvalue weighted by Gasteiger charge is 2.17. The van der Waals surface area contributed by atoms with Gasteiger partial charge >= 0.3 is 0 Å². The lowest BCUT2D eigenvalue weighted by molar-refractivity contribution is -0.116. The fourth-order valence-corrected chi connectivity index (χ4v) is 4.22. The quantitative estimate of drug-likeness (QED) is 0.534. The fourth-order valence-electron chi connectivity index (χ4n) is 2.77. The van der Waals surface area contributed by atoms with E-state index in [1.807, 2.05) is 47.3 Å². The van der Waals surface area contributed by atoms with Crippen LogP contribution >= 0.6 is 22.7 Å². The number of fused-ring (bicyclic) bond motifs is 1. The van der Waals surface area contributed by atoms with Crippen molar-refractivity contribution in [2.24, 2.45) is 0 Å². The number of aromatic amines is 1. The zero-order valence-electron chi connectivity index (χ0n) is 14.4. The van der Waals surface area contributed by atoms with Crippen molar-refractivity contribution in [2.45, 2.75) is 0 Å². The highest BCUT2D eigenvalue weighted by atomic mass is 32.1. The maximum absolute atomic E-state index is 12.3. The van der Waals surface area contributed by atoms with Crippen molar-refractivity contribution in [3.8, 4) is 11.3 Å². The number of amides is 2. The Bertz CT molecular complexity index is 1100. The summed E-state index contributed by atoms with van der Waals surface area (Å²) in [6, 6.07) is 11.6. The Labute approximate surface area is 163 Å². The second-order valence-electron chi connectivity index (χ2n) is 5.97. The van der Waals surface area contributed by atoms with Crippen LogP contribution in [0.3, 0.4) is 0 Å². The molecule has 1 aromatic carbocycles. The third-order valence-corrected chi connectivity index (χ3v) is 5.69. The molecule has 4 aromatic rings. The van der Waals surface area contributed by atoms with E-state index < -0.39 is 0 Å². The van der Waals surface area contributed by atoms with Gasteiger partial charge in [-0.05, 0) is 17.5 Å². The van der Waals surface area contributed by atoms with Gasteiger partial charge in [0.1, 0.15) is 0 Å². The average Bonchev–Trinajstić information content (AvgIpc) is 3.41. The lowest BCUT2D eigenvalue weighted by Gasteiger charge is -2.15. The first-order chi connectivity index (χ1) is 13.1. The third-order valence-electron chi connectivity index (χ3n) is 4.08. The molecule has 0 saturated heterocycles. The molecule has 0 fully saturated rings. The van der Waals surface area contributed by atoms with E-state index in [9.17, 15) is 9.59 Å². The molecule has 3 aromatic heterocycles. The molecule has 2 N–H and O–H groups in total. The summed E-state index contributed by atoms with van der Waals surface area (Å²) in [4.78, 5) is 34.2. The van der Waals surface area contributed by atoms with Crippen LogP contribution in [0.4, 0.5) is 5.13 Å². The predicted molar refractivity (Wildman–Crippen MR) is 109 cm³/mol. The van der Waals surface area contributed by atoms with E-state index in [2.05, 4.69) is 15.3 Å². The number of thiophene rings is 1. The number of nitrogens with one attached hydrogen (secondary N) is 2. The van der Waals surface area contributed by atoms with Gasteiger partial charge in [-0.1, -0.05) is 24.3 Å². The van der Waals surface area contributed by atoms with Crippen molar-refractivity contribution in [1.82, 2.24) is 14.9 Å². The van der Waals surface area contributed by atoms with E-state index in [4.69, 9.17) is 0 Å². The number of hydrogen-bond acceptors (Lipinski definition) is 5. The van der Waals surface area contributed by atoms with E-state index in [0.717, 1.165) is 22.2 Å². The van der Waals surface area contributed by atoms with Crippen molar-refractivity contribution < 1.29 is 9.59 Å². The molecule has 0 aliphatic heterocycles. The van der Waals surface area contributed by atoms with Gasteiger partial charge in [0, 0.05) is 35.1 Å². The van der Waals surface area contributed by atoms with Crippen molar-refractivity contribution in [1.29, 1.82) is 0 Å². The molecule has 0 radical (unpaired) electrons. The van der Waals surface area contributed by atoms with Gasteiger partial charge in [-0.2, -0.15) is 0 Å². The molecular formula is C19H16N4O2S2. The number of hydrogen-bond donors (Lipinski definition) is 2. The van der Waals surface area contributed by atoms with Crippen LogP contribution in [0.2, 0.25) is 0 Å². The molecule has 0 unspecified atom stereocenters. The molecule has 3 heterocycles. The van der Waals surface area contributed by atoms with Crippen molar-refractivity contribution in [3.63, 3.8) is 0 Å². The Balaban J connectivity index is 1.43. The summed E-state index contributed by atoms with van der Waals surface area (Å²) < 4.78 is 0. The Morgan fingerprint density at radius 3 is 2.85 bits per heavy atom. The Morgan fingerprint density at radius 1 is 1.19 bits per heavy atom. The summed E-state index contributed by atoms with van der Waals surface area (Å²) in [5.74, 6) is -0.444. The van der Waals surface area contributed by atoms with E-state index in [1.165, 1.54) is 27.6 Å². The van der Waals surface area contributed by atoms with Gasteiger partial charge in [-0.25, -0.2) is 4.98 Å². The number of carbonyl (C=O) groups excluding carboxylic acids is 2. The third kappa shape index (κ3) is 3.62. The minimum absolute atomic E-state index is 0.0290. The molecular weight excluding hydrogens is 380 g/mol. The van der Waals surface area contributed by atoms with E-state index >= 15 is 0 Å². The standard InChI is InChI=1S/C19H16N4O2S2/c1-23(18(25)16-7-4-8-26-16)10-17(24)22-19-21-15(11-27-19)13-9-20-14-6-3-2-5-12(13)14/h2-9,11,20H,10H2,1H3,(H,21,22,24). The first-order valence-electron chi connectivity index (χ1n) is 8.22. The van der Waals surface area contributed by atoms with Gasteiger partial charge in [0.25, 0.3) is 5.91 Å². The summed E-state index contributed by atoms with van der Waals surface area (Å²) >= 11 is 2.72. The highest BCUT2D eigenvalue weighted by Crippen LogP contribution is 2.30. The van der Waals surface area contributed by atoms with Crippen LogP contribution in [0.25, 0.3) is 22.2 Å². The number of benzene rings is 1. The van der Waals surface area contributed by atoms with E-state index in [0.29, 0.717) is 10.0 Å². The second kappa shape index (κ2) is 7.34. The first-order valence-corrected chi connectivity index (χ1v) is 9.98. The highest BCUT2D eigenvalue weighted by molar-refractivity contribution is 7.14. The zero-order valence-corrected chi connectivity index (χ0v) is 16.1. The van der Waals surface area contributed by atoms with Gasteiger partial charge in [0.15, 0.2) is 5.13 Å². The van der Waals surface area contributed by atoms with Crippen molar-refractivity contribution >= 4 is 50.5 Å². The maximum Gasteiger partial charge on any atom is 0.264 e. The maximum atomic E-state index is 12.3. The van der Waals surface area contributed by atoms with Crippen LogP contribution in [-0.4, -0.2) is 40.3 Å². The number of carbonyl (C=O) groups is 2. The summed E-state index contributed by atoms with van der Waals surface area (Å²) in [5.41, 5.74) is 2.84. The first kappa shape index (κ1) is 17.4. The smallest absolute Gasteiger partial charge is 0.264 e. The lowest BCUT2D eigenvalue weighted by atomic mass is 10.1. The minimum Gasteiger partial charge on any atom is -0.360 e. The predicted octanol–water partition coefficient (Wildman–Crippen LogP) is 4.06. The molecule has 6 nitrogen and oxygen atoms in total. The molecule has 8 heteroatoms. The summed E-state index contributed by atoms with van der Waals surface area (Å²) in [5, 5.41) is 8.11. The molecule has 0 saturated carbocycles. The van der Waals surface area contributed by atoms with Crippen LogP contribution in [0.15, 0.2) is 53.4 Å². The summed E-state index contributed by atoms with van der Waals surface area (Å²) in [7, 11) is 1.61. The SMILES string of the molecule is CN(CC(=O)Nc1nc(-c2c[nH]c3ccccc23)cs1)C(=O)c1cccs1. The number of thiazole rings is 1. The molecule has 4 rings (SSSR count). The van der Waals surface area contributed by atoms with Gasteiger partial charge < -0.3 is 15.2 Å². The normalized spacial score (nSPS) is 10.9. The molecule has 0 aliphatic carbocycles. The average molecular weight is 396 g/mol. The van der Waals surface area contributed by atoms with Crippen LogP contribution < -0.4 is 5.32 Å². The largest absolute Gasteiger partial charge is 0.360 e. The van der Waals surface area contributed by atoms with E-state index in [1.54, 1.807) is 13.1 Å². The van der Waals surface area contributed by atoms with Gasteiger partial charge in [0.05, 0.1) is 17.1 Å². The minimum atomic E-state index is -0.276. The molecule has 0 bridgehead atoms. The molecule has 27 heavy (non-hydrogen) atoms. The zero-order chi connectivity index (χ0) is 18.8. The fraction of sp³-hybridized carbons (Fsp3) is 0.105. The number of para-hydroxylation sites is 1. The van der Waals surface area contributed by atoms with Crippen LogP contribution in [0.5, 0.6) is 0 Å². The Kier molecular flexibility index (Phi) is 4.74. The monoisotopic (exact) mass is 396 g/mol. The summed E-state index contributed by atoms with van der Waals surface area (Å²) in [6.45, 7) is -0.0290. The summed E-state index contributed by atoms with van der Waals surface area (Å²) in [6.07, 6.45) is 1.92. The van der Waals surface area contributed by atoms with Crippen LogP contribution in [0.1, 0.15) is 9.67 Å². The lowest BCUT2D eigenvalue weighted by Crippen LogP contribution is -2.34. The number of H-pyrrole nitrogens is 1. The van der Waals surface area contributed by atoms with E-state index in [-0.39, 0.29) is 18.4 Å². The second-order valence-corrected chi connectivity index (χ2v) is 7.78. The number of aromatic nitrogens is 2. The molecule has 0 atom stereocenters. The molecule has 2 amide bonds. The number of rotatable bonds is 5. The van der Waals surface area contributed by atoms with Crippen LogP contribution in [-0.2, 0) is 4.79 Å². The van der Waals surface area contributed by atoms with Gasteiger partial charge in [-0.3, -0.25) is 9.59 Å². The molecule has 0 spiro atoms. The molecule has 136 valence electrons. The molecule has 0 aliphatic rings. The van der Waals surface area contributed by atoms with Crippen LogP contribution in [0, 0.1) is 0 Å². The van der Waals surface area contributed by atoms with Gasteiger partial charge in [0.2, 0.25) is 5.91 Å². The Morgan fingerprint density at radius 2 is 2.04 bits per heavy atom.